The Bertz CT molecular complexity index is 522. The summed E-state index contributed by atoms with van der Waals surface area (Å²) in [6.07, 6.45) is 1.09. The van der Waals surface area contributed by atoms with E-state index in [2.05, 4.69) is 19.9 Å². The van der Waals surface area contributed by atoms with E-state index in [0.29, 0.717) is 16.7 Å². The highest BCUT2D eigenvalue weighted by Gasteiger charge is 2.11. The number of rotatable bonds is 4. The molecule has 2 aromatic rings. The fourth-order valence-corrected chi connectivity index (χ4v) is 2.02. The van der Waals surface area contributed by atoms with E-state index in [4.69, 9.17) is 16.3 Å². The highest BCUT2D eigenvalue weighted by molar-refractivity contribution is 6.32. The van der Waals surface area contributed by atoms with Gasteiger partial charge < -0.3 is 4.74 Å². The Morgan fingerprint density at radius 3 is 2.28 bits per heavy atom. The lowest BCUT2D eigenvalue weighted by Crippen LogP contribution is -1.96. The molecule has 0 aliphatic rings. The Balaban J connectivity index is 2.32. The van der Waals surface area contributed by atoms with E-state index in [0.717, 1.165) is 12.2 Å². The second kappa shape index (κ2) is 5.92. The third-order valence-electron chi connectivity index (χ3n) is 3.12. The molecular formula is C16H17ClO. The maximum atomic E-state index is 6.11. The van der Waals surface area contributed by atoms with Gasteiger partial charge >= 0.3 is 0 Å². The van der Waals surface area contributed by atoms with Crippen LogP contribution in [0.4, 0.5) is 0 Å². The van der Waals surface area contributed by atoms with Gasteiger partial charge in [0.2, 0.25) is 0 Å². The van der Waals surface area contributed by atoms with Crippen LogP contribution in [0.2, 0.25) is 5.02 Å². The lowest BCUT2D eigenvalue weighted by molar-refractivity contribution is 0.470. The zero-order chi connectivity index (χ0) is 13.0. The first-order chi connectivity index (χ1) is 8.72. The molecule has 0 radical (unpaired) electrons. The maximum absolute atomic E-state index is 6.11. The Morgan fingerprint density at radius 2 is 1.61 bits per heavy atom. The number of para-hydroxylation sites is 2. The van der Waals surface area contributed by atoms with Gasteiger partial charge in [-0.05, 0) is 36.1 Å². The number of halogens is 1. The van der Waals surface area contributed by atoms with Crippen molar-refractivity contribution in [2.24, 2.45) is 0 Å². The molecule has 0 fully saturated rings. The monoisotopic (exact) mass is 260 g/mol. The smallest absolute Gasteiger partial charge is 0.146 e. The minimum absolute atomic E-state index is 0.476. The molecule has 1 atom stereocenters. The largest absolute Gasteiger partial charge is 0.456 e. The molecule has 1 unspecified atom stereocenters. The first kappa shape index (κ1) is 13.0. The lowest BCUT2D eigenvalue weighted by Gasteiger charge is -2.15. The highest BCUT2D eigenvalue weighted by atomic mass is 35.5. The van der Waals surface area contributed by atoms with Crippen molar-refractivity contribution in [3.8, 4) is 11.5 Å². The zero-order valence-electron chi connectivity index (χ0n) is 10.7. The molecular weight excluding hydrogens is 244 g/mol. The molecule has 0 saturated carbocycles. The van der Waals surface area contributed by atoms with E-state index in [1.165, 1.54) is 5.56 Å². The molecule has 0 saturated heterocycles. The average Bonchev–Trinajstić information content (AvgIpc) is 2.41. The molecule has 0 aliphatic heterocycles. The predicted molar refractivity (Wildman–Crippen MR) is 76.7 cm³/mol. The van der Waals surface area contributed by atoms with Gasteiger partial charge in [0.05, 0.1) is 5.02 Å². The van der Waals surface area contributed by atoms with Crippen LogP contribution in [0.5, 0.6) is 11.5 Å². The molecule has 2 aromatic carbocycles. The quantitative estimate of drug-likeness (QED) is 0.691. The summed E-state index contributed by atoms with van der Waals surface area (Å²) >= 11 is 6.11. The highest BCUT2D eigenvalue weighted by Crippen LogP contribution is 2.34. The fourth-order valence-electron chi connectivity index (χ4n) is 1.85. The van der Waals surface area contributed by atoms with Gasteiger partial charge in [-0.25, -0.2) is 0 Å². The summed E-state index contributed by atoms with van der Waals surface area (Å²) < 4.78 is 5.93. The van der Waals surface area contributed by atoms with Crippen LogP contribution in [0, 0.1) is 0 Å². The third kappa shape index (κ3) is 2.85. The van der Waals surface area contributed by atoms with Gasteiger partial charge in [0.1, 0.15) is 11.5 Å². The summed E-state index contributed by atoms with van der Waals surface area (Å²) in [4.78, 5) is 0. The van der Waals surface area contributed by atoms with Gasteiger partial charge in [-0.15, -0.1) is 0 Å². The standard InChI is InChI=1S/C16H17ClO/c1-3-12(2)13-8-4-6-10-15(13)18-16-11-7-5-9-14(16)17/h4-12H,3H2,1-2H3. The molecule has 2 rings (SSSR count). The minimum atomic E-state index is 0.476. The Kier molecular flexibility index (Phi) is 4.27. The molecule has 1 nitrogen and oxygen atoms in total. The molecule has 0 aromatic heterocycles. The Morgan fingerprint density at radius 1 is 1.00 bits per heavy atom. The topological polar surface area (TPSA) is 9.23 Å². The lowest BCUT2D eigenvalue weighted by atomic mass is 9.98. The number of hydrogen-bond donors (Lipinski definition) is 0. The Labute approximate surface area is 113 Å². The number of ether oxygens (including phenoxy) is 1. The first-order valence-corrected chi connectivity index (χ1v) is 6.61. The van der Waals surface area contributed by atoms with Gasteiger partial charge in [0.15, 0.2) is 0 Å². The molecule has 2 heteroatoms. The molecule has 0 amide bonds. The maximum Gasteiger partial charge on any atom is 0.146 e. The second-order valence-corrected chi connectivity index (χ2v) is 4.79. The van der Waals surface area contributed by atoms with E-state index < -0.39 is 0 Å². The van der Waals surface area contributed by atoms with Crippen molar-refractivity contribution in [3.63, 3.8) is 0 Å². The Hall–Kier alpha value is -1.47. The van der Waals surface area contributed by atoms with Crippen molar-refractivity contribution in [1.29, 1.82) is 0 Å². The zero-order valence-corrected chi connectivity index (χ0v) is 11.4. The molecule has 18 heavy (non-hydrogen) atoms. The van der Waals surface area contributed by atoms with E-state index in [-0.39, 0.29) is 0 Å². The number of benzene rings is 2. The van der Waals surface area contributed by atoms with Crippen molar-refractivity contribution in [2.75, 3.05) is 0 Å². The molecule has 0 aliphatic carbocycles. The fraction of sp³-hybridized carbons (Fsp3) is 0.250. The van der Waals surface area contributed by atoms with Crippen LogP contribution >= 0.6 is 11.6 Å². The van der Waals surface area contributed by atoms with Gasteiger partial charge in [-0.2, -0.15) is 0 Å². The van der Waals surface area contributed by atoms with Crippen molar-refractivity contribution in [2.45, 2.75) is 26.2 Å². The average molecular weight is 261 g/mol. The van der Waals surface area contributed by atoms with Gasteiger partial charge in [-0.1, -0.05) is 55.8 Å². The SMILES string of the molecule is CCC(C)c1ccccc1Oc1ccccc1Cl. The van der Waals surface area contributed by atoms with Crippen molar-refractivity contribution >= 4 is 11.6 Å². The summed E-state index contributed by atoms with van der Waals surface area (Å²) in [5.74, 6) is 2.07. The molecule has 0 heterocycles. The first-order valence-electron chi connectivity index (χ1n) is 6.23. The van der Waals surface area contributed by atoms with Gasteiger partial charge in [0, 0.05) is 0 Å². The molecule has 94 valence electrons. The normalized spacial score (nSPS) is 12.2. The van der Waals surface area contributed by atoms with Crippen LogP contribution in [0.25, 0.3) is 0 Å². The third-order valence-corrected chi connectivity index (χ3v) is 3.43. The van der Waals surface area contributed by atoms with E-state index in [9.17, 15) is 0 Å². The van der Waals surface area contributed by atoms with Crippen LogP contribution in [-0.2, 0) is 0 Å². The van der Waals surface area contributed by atoms with E-state index in [1.54, 1.807) is 0 Å². The van der Waals surface area contributed by atoms with Gasteiger partial charge in [-0.3, -0.25) is 0 Å². The van der Waals surface area contributed by atoms with Crippen LogP contribution in [0.15, 0.2) is 48.5 Å². The molecule has 0 spiro atoms. The summed E-state index contributed by atoms with van der Waals surface area (Å²) in [5, 5.41) is 0.636. The molecule has 0 N–H and O–H groups in total. The van der Waals surface area contributed by atoms with E-state index in [1.807, 2.05) is 42.5 Å². The van der Waals surface area contributed by atoms with Crippen LogP contribution in [0.1, 0.15) is 31.7 Å². The summed E-state index contributed by atoms with van der Waals surface area (Å²) in [5.41, 5.74) is 1.22. The van der Waals surface area contributed by atoms with Crippen LogP contribution in [0.3, 0.4) is 0 Å². The number of hydrogen-bond acceptors (Lipinski definition) is 1. The van der Waals surface area contributed by atoms with E-state index >= 15 is 0 Å². The van der Waals surface area contributed by atoms with Crippen molar-refractivity contribution in [1.82, 2.24) is 0 Å². The van der Waals surface area contributed by atoms with Crippen molar-refractivity contribution < 1.29 is 4.74 Å². The predicted octanol–water partition coefficient (Wildman–Crippen LogP) is 5.65. The summed E-state index contributed by atoms with van der Waals surface area (Å²) in [7, 11) is 0. The minimum Gasteiger partial charge on any atom is -0.456 e. The van der Waals surface area contributed by atoms with Gasteiger partial charge in [0.25, 0.3) is 0 Å². The summed E-state index contributed by atoms with van der Waals surface area (Å²) in [6, 6.07) is 15.7. The second-order valence-electron chi connectivity index (χ2n) is 4.38. The van der Waals surface area contributed by atoms with Crippen molar-refractivity contribution in [3.05, 3.63) is 59.1 Å². The van der Waals surface area contributed by atoms with Crippen LogP contribution in [-0.4, -0.2) is 0 Å². The summed E-state index contributed by atoms with van der Waals surface area (Å²) in [6.45, 7) is 4.38. The molecule has 0 bridgehead atoms. The van der Waals surface area contributed by atoms with Crippen LogP contribution < -0.4 is 4.74 Å².